The number of benzene rings is 1. The van der Waals surface area contributed by atoms with Crippen LogP contribution in [0.3, 0.4) is 0 Å². The van der Waals surface area contributed by atoms with E-state index < -0.39 is 0 Å². The highest BCUT2D eigenvalue weighted by Crippen LogP contribution is 2.29. The average molecular weight is 280 g/mol. The molecule has 1 aromatic carbocycles. The quantitative estimate of drug-likeness (QED) is 0.930. The number of hydrogen-bond donors (Lipinski definition) is 1. The van der Waals surface area contributed by atoms with Crippen molar-refractivity contribution >= 4 is 26.7 Å². The first-order valence-electron chi connectivity index (χ1n) is 6.23. The van der Waals surface area contributed by atoms with Gasteiger partial charge in [-0.25, -0.2) is 4.98 Å². The number of anilines is 1. The van der Waals surface area contributed by atoms with E-state index in [4.69, 9.17) is 14.2 Å². The molecule has 1 N–H and O–H groups in total. The minimum absolute atomic E-state index is 0.107. The minimum Gasteiger partial charge on any atom is -0.497 e. The van der Waals surface area contributed by atoms with Crippen molar-refractivity contribution in [1.82, 2.24) is 4.98 Å². The maximum atomic E-state index is 5.58. The summed E-state index contributed by atoms with van der Waals surface area (Å²) in [5.74, 6) is 0.853. The summed E-state index contributed by atoms with van der Waals surface area (Å²) in [7, 11) is 1.67. The Kier molecular flexibility index (Phi) is 3.82. The second-order valence-corrected chi connectivity index (χ2v) is 5.33. The van der Waals surface area contributed by atoms with Crippen LogP contribution in [0.15, 0.2) is 18.2 Å². The average Bonchev–Trinajstić information content (AvgIpc) is 2.88. The van der Waals surface area contributed by atoms with Crippen LogP contribution in [0.25, 0.3) is 10.2 Å². The number of fused-ring (bicyclic) bond motifs is 1. The van der Waals surface area contributed by atoms with E-state index in [1.54, 1.807) is 18.4 Å². The highest BCUT2D eigenvalue weighted by molar-refractivity contribution is 7.22. The molecule has 19 heavy (non-hydrogen) atoms. The van der Waals surface area contributed by atoms with Crippen molar-refractivity contribution in [2.24, 2.45) is 0 Å². The Labute approximate surface area is 115 Å². The fraction of sp³-hybridized carbons (Fsp3) is 0.462. The molecule has 6 heteroatoms. The molecule has 1 atom stereocenters. The number of hydrogen-bond acceptors (Lipinski definition) is 6. The van der Waals surface area contributed by atoms with Gasteiger partial charge in [-0.3, -0.25) is 0 Å². The van der Waals surface area contributed by atoms with E-state index in [1.165, 1.54) is 0 Å². The van der Waals surface area contributed by atoms with Crippen molar-refractivity contribution in [3.8, 4) is 5.75 Å². The normalized spacial score (nSPS) is 19.5. The summed E-state index contributed by atoms with van der Waals surface area (Å²) in [6.45, 7) is 2.73. The van der Waals surface area contributed by atoms with Crippen LogP contribution in [0.5, 0.6) is 5.75 Å². The van der Waals surface area contributed by atoms with Crippen LogP contribution >= 0.6 is 11.3 Å². The lowest BCUT2D eigenvalue weighted by molar-refractivity contribution is -0.0818. The highest BCUT2D eigenvalue weighted by atomic mass is 32.1. The Bertz CT molecular complexity index is 552. The number of nitrogens with zero attached hydrogens (tertiary/aromatic N) is 1. The molecule has 0 spiro atoms. The summed E-state index contributed by atoms with van der Waals surface area (Å²) in [5.41, 5.74) is 0.981. The largest absolute Gasteiger partial charge is 0.497 e. The van der Waals surface area contributed by atoms with Gasteiger partial charge in [0.25, 0.3) is 0 Å². The summed E-state index contributed by atoms with van der Waals surface area (Å²) in [6, 6.07) is 5.89. The van der Waals surface area contributed by atoms with Gasteiger partial charge in [0.15, 0.2) is 5.13 Å². The molecule has 0 amide bonds. The second-order valence-electron chi connectivity index (χ2n) is 4.30. The Hall–Kier alpha value is -1.37. The van der Waals surface area contributed by atoms with Crippen LogP contribution in [-0.4, -0.2) is 44.6 Å². The summed E-state index contributed by atoms with van der Waals surface area (Å²) >= 11 is 1.62. The van der Waals surface area contributed by atoms with Crippen molar-refractivity contribution in [2.45, 2.75) is 6.10 Å². The predicted octanol–water partition coefficient (Wildman–Crippen LogP) is 2.13. The topological polar surface area (TPSA) is 52.6 Å². The lowest BCUT2D eigenvalue weighted by Crippen LogP contribution is -2.34. The second kappa shape index (κ2) is 5.73. The molecule has 0 bridgehead atoms. The molecule has 1 fully saturated rings. The van der Waals surface area contributed by atoms with Gasteiger partial charge in [-0.05, 0) is 18.2 Å². The van der Waals surface area contributed by atoms with Crippen LogP contribution in [0.4, 0.5) is 5.13 Å². The molecule has 102 valence electrons. The zero-order valence-corrected chi connectivity index (χ0v) is 11.5. The van der Waals surface area contributed by atoms with Gasteiger partial charge in [-0.1, -0.05) is 11.3 Å². The molecular weight excluding hydrogens is 264 g/mol. The van der Waals surface area contributed by atoms with Gasteiger partial charge >= 0.3 is 0 Å². The zero-order chi connectivity index (χ0) is 13.1. The van der Waals surface area contributed by atoms with E-state index >= 15 is 0 Å². The lowest BCUT2D eigenvalue weighted by atomic mass is 10.3. The van der Waals surface area contributed by atoms with Crippen molar-refractivity contribution in [1.29, 1.82) is 0 Å². The van der Waals surface area contributed by atoms with Crippen LogP contribution in [0.2, 0.25) is 0 Å². The van der Waals surface area contributed by atoms with Gasteiger partial charge in [0, 0.05) is 6.54 Å². The molecule has 1 aliphatic heterocycles. The smallest absolute Gasteiger partial charge is 0.183 e. The van der Waals surface area contributed by atoms with Gasteiger partial charge < -0.3 is 19.5 Å². The molecule has 3 rings (SSSR count). The Morgan fingerprint density at radius 2 is 2.42 bits per heavy atom. The lowest BCUT2D eigenvalue weighted by Gasteiger charge is -2.22. The third-order valence-electron chi connectivity index (χ3n) is 2.96. The SMILES string of the molecule is COc1ccc2nc(NCC3COCCO3)sc2c1. The van der Waals surface area contributed by atoms with Crippen molar-refractivity contribution in [3.05, 3.63) is 18.2 Å². The first kappa shape index (κ1) is 12.7. The number of nitrogens with one attached hydrogen (secondary N) is 1. The van der Waals surface area contributed by atoms with E-state index in [0.29, 0.717) is 19.8 Å². The van der Waals surface area contributed by atoms with Gasteiger partial charge in [-0.15, -0.1) is 0 Å². The van der Waals surface area contributed by atoms with Gasteiger partial charge in [0.2, 0.25) is 0 Å². The van der Waals surface area contributed by atoms with Gasteiger partial charge in [0.05, 0.1) is 43.3 Å². The van der Waals surface area contributed by atoms with E-state index in [-0.39, 0.29) is 6.10 Å². The number of methoxy groups -OCH3 is 1. The molecule has 2 heterocycles. The molecule has 1 aliphatic rings. The predicted molar refractivity (Wildman–Crippen MR) is 75.2 cm³/mol. The third-order valence-corrected chi connectivity index (χ3v) is 3.94. The summed E-state index contributed by atoms with van der Waals surface area (Å²) < 4.78 is 17.3. The fourth-order valence-electron chi connectivity index (χ4n) is 1.96. The van der Waals surface area contributed by atoms with Crippen LogP contribution < -0.4 is 10.1 Å². The molecular formula is C13H16N2O3S. The third kappa shape index (κ3) is 2.97. The molecule has 2 aromatic rings. The van der Waals surface area contributed by atoms with Crippen LogP contribution in [-0.2, 0) is 9.47 Å². The van der Waals surface area contributed by atoms with Crippen LogP contribution in [0, 0.1) is 0 Å². The van der Waals surface area contributed by atoms with Crippen molar-refractivity contribution < 1.29 is 14.2 Å². The molecule has 0 saturated carbocycles. The maximum Gasteiger partial charge on any atom is 0.183 e. The first-order valence-corrected chi connectivity index (χ1v) is 7.04. The zero-order valence-electron chi connectivity index (χ0n) is 10.7. The molecule has 1 saturated heterocycles. The number of rotatable bonds is 4. The Morgan fingerprint density at radius 1 is 1.47 bits per heavy atom. The van der Waals surface area contributed by atoms with Gasteiger partial charge in [-0.2, -0.15) is 0 Å². The monoisotopic (exact) mass is 280 g/mol. The number of thiazole rings is 1. The summed E-state index contributed by atoms with van der Waals surface area (Å²) in [5, 5.41) is 4.20. The van der Waals surface area contributed by atoms with E-state index in [2.05, 4.69) is 10.3 Å². The molecule has 1 aromatic heterocycles. The molecule has 0 radical (unpaired) electrons. The molecule has 0 aliphatic carbocycles. The number of ether oxygens (including phenoxy) is 3. The van der Waals surface area contributed by atoms with E-state index in [1.807, 2.05) is 18.2 Å². The van der Waals surface area contributed by atoms with E-state index in [9.17, 15) is 0 Å². The summed E-state index contributed by atoms with van der Waals surface area (Å²) in [4.78, 5) is 4.53. The summed E-state index contributed by atoms with van der Waals surface area (Å²) in [6.07, 6.45) is 0.107. The molecule has 1 unspecified atom stereocenters. The Balaban J connectivity index is 1.67. The van der Waals surface area contributed by atoms with Crippen molar-refractivity contribution in [3.63, 3.8) is 0 Å². The fourth-order valence-corrected chi connectivity index (χ4v) is 2.86. The standard InChI is InChI=1S/C13H16N2O3S/c1-16-9-2-3-11-12(6-9)19-13(15-11)14-7-10-8-17-4-5-18-10/h2-3,6,10H,4-5,7-8H2,1H3,(H,14,15). The molecule has 5 nitrogen and oxygen atoms in total. The minimum atomic E-state index is 0.107. The van der Waals surface area contributed by atoms with Crippen molar-refractivity contribution in [2.75, 3.05) is 38.8 Å². The van der Waals surface area contributed by atoms with E-state index in [0.717, 1.165) is 27.6 Å². The maximum absolute atomic E-state index is 5.58. The Morgan fingerprint density at radius 3 is 3.21 bits per heavy atom. The first-order chi connectivity index (χ1) is 9.35. The van der Waals surface area contributed by atoms with Crippen LogP contribution in [0.1, 0.15) is 0 Å². The van der Waals surface area contributed by atoms with Gasteiger partial charge in [0.1, 0.15) is 5.75 Å². The highest BCUT2D eigenvalue weighted by Gasteiger charge is 2.14. The number of aromatic nitrogens is 1.